The summed E-state index contributed by atoms with van der Waals surface area (Å²) in [6, 6.07) is 12.4. The number of carbonyl (C=O) groups excluding carboxylic acids is 3. The van der Waals surface area contributed by atoms with E-state index in [1.165, 1.54) is 0 Å². The molecule has 0 aliphatic rings. The Morgan fingerprint density at radius 1 is 1.10 bits per heavy atom. The molecule has 0 spiro atoms. The van der Waals surface area contributed by atoms with Crippen LogP contribution in [-0.4, -0.2) is 22.5 Å². The standard InChI is InChI=1S/C23H23ClN2O3/c1-4-19(27)21-20(22(28)13(2)3)16-10-9-14(11-18(16)26-21)23(29)25-12-15-7-5-6-8-17(15)24/h5-11,13,26H,4,12H2,1-3H3,(H,25,29). The molecular weight excluding hydrogens is 388 g/mol. The third-order valence-electron chi connectivity index (χ3n) is 4.83. The first-order chi connectivity index (χ1) is 13.8. The average molecular weight is 411 g/mol. The number of H-pyrrole nitrogens is 1. The number of aromatic nitrogens is 1. The van der Waals surface area contributed by atoms with Gasteiger partial charge in [-0.25, -0.2) is 0 Å². The predicted octanol–water partition coefficient (Wildman–Crippen LogP) is 5.18. The minimum Gasteiger partial charge on any atom is -0.351 e. The van der Waals surface area contributed by atoms with Crippen LogP contribution in [0.25, 0.3) is 10.9 Å². The Hall–Kier alpha value is -2.92. The highest BCUT2D eigenvalue weighted by Crippen LogP contribution is 2.27. The molecule has 3 aromatic rings. The van der Waals surface area contributed by atoms with Crippen molar-refractivity contribution in [1.29, 1.82) is 0 Å². The van der Waals surface area contributed by atoms with Crippen molar-refractivity contribution in [3.05, 3.63) is 69.9 Å². The quantitative estimate of drug-likeness (QED) is 0.526. The highest BCUT2D eigenvalue weighted by atomic mass is 35.5. The summed E-state index contributed by atoms with van der Waals surface area (Å²) in [5, 5.41) is 4.09. The lowest BCUT2D eigenvalue weighted by atomic mass is 9.96. The number of rotatable bonds is 7. The van der Waals surface area contributed by atoms with Crippen LogP contribution in [0.3, 0.4) is 0 Å². The van der Waals surface area contributed by atoms with Crippen molar-refractivity contribution >= 4 is 40.0 Å². The van der Waals surface area contributed by atoms with E-state index in [1.54, 1.807) is 45.0 Å². The van der Waals surface area contributed by atoms with Crippen molar-refractivity contribution in [1.82, 2.24) is 10.3 Å². The van der Waals surface area contributed by atoms with E-state index in [-0.39, 0.29) is 29.8 Å². The zero-order chi connectivity index (χ0) is 21.1. The molecule has 0 fully saturated rings. The number of carbonyl (C=O) groups is 3. The lowest BCUT2D eigenvalue weighted by molar-refractivity contribution is 0.0923. The van der Waals surface area contributed by atoms with Crippen LogP contribution in [0.5, 0.6) is 0 Å². The maximum Gasteiger partial charge on any atom is 0.251 e. The van der Waals surface area contributed by atoms with Crippen LogP contribution >= 0.6 is 11.6 Å². The smallest absolute Gasteiger partial charge is 0.251 e. The summed E-state index contributed by atoms with van der Waals surface area (Å²) in [4.78, 5) is 40.7. The minimum absolute atomic E-state index is 0.0935. The molecule has 150 valence electrons. The first-order valence-electron chi connectivity index (χ1n) is 9.58. The van der Waals surface area contributed by atoms with Crippen LogP contribution in [0.1, 0.15) is 64.0 Å². The number of fused-ring (bicyclic) bond motifs is 1. The van der Waals surface area contributed by atoms with Crippen molar-refractivity contribution in [2.24, 2.45) is 5.92 Å². The Bertz CT molecular complexity index is 1100. The number of hydrogen-bond acceptors (Lipinski definition) is 3. The highest BCUT2D eigenvalue weighted by molar-refractivity contribution is 6.31. The third kappa shape index (κ3) is 4.25. The van der Waals surface area contributed by atoms with Crippen LogP contribution in [0.2, 0.25) is 5.02 Å². The Balaban J connectivity index is 1.93. The molecule has 1 heterocycles. The van der Waals surface area contributed by atoms with E-state index in [0.29, 0.717) is 39.3 Å². The second kappa shape index (κ2) is 8.62. The van der Waals surface area contributed by atoms with Gasteiger partial charge in [-0.3, -0.25) is 14.4 Å². The molecule has 0 bridgehead atoms. The molecule has 0 radical (unpaired) electrons. The summed E-state index contributed by atoms with van der Waals surface area (Å²) in [6.07, 6.45) is 0.288. The SMILES string of the molecule is CCC(=O)c1[nH]c2cc(C(=O)NCc3ccccc3Cl)ccc2c1C(=O)C(C)C. The molecular formula is C23H23ClN2O3. The highest BCUT2D eigenvalue weighted by Gasteiger charge is 2.24. The van der Waals surface area contributed by atoms with Crippen molar-refractivity contribution in [3.8, 4) is 0 Å². The van der Waals surface area contributed by atoms with Gasteiger partial charge in [-0.05, 0) is 23.8 Å². The molecule has 3 rings (SSSR count). The monoisotopic (exact) mass is 410 g/mol. The molecule has 0 saturated heterocycles. The van der Waals surface area contributed by atoms with E-state index >= 15 is 0 Å². The number of ketones is 2. The molecule has 5 nitrogen and oxygen atoms in total. The summed E-state index contributed by atoms with van der Waals surface area (Å²) in [6.45, 7) is 5.67. The van der Waals surface area contributed by atoms with Crippen LogP contribution in [0, 0.1) is 5.92 Å². The Morgan fingerprint density at radius 2 is 1.83 bits per heavy atom. The van der Waals surface area contributed by atoms with Gasteiger partial charge in [0.25, 0.3) is 5.91 Å². The molecule has 1 aromatic heterocycles. The Kier molecular flexibility index (Phi) is 6.18. The summed E-state index contributed by atoms with van der Waals surface area (Å²) < 4.78 is 0. The van der Waals surface area contributed by atoms with Crippen LogP contribution in [0.4, 0.5) is 0 Å². The number of halogens is 1. The van der Waals surface area contributed by atoms with Crippen LogP contribution in [0.15, 0.2) is 42.5 Å². The molecule has 2 N–H and O–H groups in total. The van der Waals surface area contributed by atoms with Crippen LogP contribution < -0.4 is 5.32 Å². The lowest BCUT2D eigenvalue weighted by Crippen LogP contribution is -2.22. The zero-order valence-corrected chi connectivity index (χ0v) is 17.4. The molecule has 29 heavy (non-hydrogen) atoms. The van der Waals surface area contributed by atoms with E-state index in [2.05, 4.69) is 10.3 Å². The summed E-state index contributed by atoms with van der Waals surface area (Å²) in [5.74, 6) is -0.726. The van der Waals surface area contributed by atoms with Gasteiger partial charge in [-0.2, -0.15) is 0 Å². The number of amides is 1. The number of aromatic amines is 1. The summed E-state index contributed by atoms with van der Waals surface area (Å²) in [7, 11) is 0. The lowest BCUT2D eigenvalue weighted by Gasteiger charge is -2.08. The Morgan fingerprint density at radius 3 is 2.48 bits per heavy atom. The molecule has 6 heteroatoms. The normalized spacial score (nSPS) is 11.1. The van der Waals surface area contributed by atoms with E-state index < -0.39 is 0 Å². The van der Waals surface area contributed by atoms with Gasteiger partial charge in [0.15, 0.2) is 11.6 Å². The van der Waals surface area contributed by atoms with Gasteiger partial charge < -0.3 is 10.3 Å². The van der Waals surface area contributed by atoms with Crippen LogP contribution in [-0.2, 0) is 6.54 Å². The first kappa shape index (κ1) is 20.8. The zero-order valence-electron chi connectivity index (χ0n) is 16.6. The molecule has 0 saturated carbocycles. The van der Waals surface area contributed by atoms with E-state index in [9.17, 15) is 14.4 Å². The van der Waals surface area contributed by atoms with Gasteiger partial charge in [0, 0.05) is 40.4 Å². The Labute approximate surface area is 174 Å². The average Bonchev–Trinajstić information content (AvgIpc) is 3.10. The number of hydrogen-bond donors (Lipinski definition) is 2. The second-order valence-electron chi connectivity index (χ2n) is 7.21. The largest absolute Gasteiger partial charge is 0.351 e. The fourth-order valence-electron chi connectivity index (χ4n) is 3.19. The van der Waals surface area contributed by atoms with Gasteiger partial charge >= 0.3 is 0 Å². The fourth-order valence-corrected chi connectivity index (χ4v) is 3.39. The number of benzene rings is 2. The number of Topliss-reactive ketones (excluding diaryl/α,β-unsaturated/α-hetero) is 2. The maximum absolute atomic E-state index is 12.7. The third-order valence-corrected chi connectivity index (χ3v) is 5.20. The van der Waals surface area contributed by atoms with Crippen molar-refractivity contribution in [3.63, 3.8) is 0 Å². The van der Waals surface area contributed by atoms with Crippen molar-refractivity contribution < 1.29 is 14.4 Å². The van der Waals surface area contributed by atoms with Crippen molar-refractivity contribution in [2.75, 3.05) is 0 Å². The molecule has 0 aliphatic carbocycles. The summed E-state index contributed by atoms with van der Waals surface area (Å²) in [5.41, 5.74) is 2.57. The van der Waals surface area contributed by atoms with E-state index in [1.807, 2.05) is 18.2 Å². The van der Waals surface area contributed by atoms with E-state index in [0.717, 1.165) is 5.56 Å². The van der Waals surface area contributed by atoms with Gasteiger partial charge in [0.2, 0.25) is 0 Å². The number of nitrogens with one attached hydrogen (secondary N) is 2. The van der Waals surface area contributed by atoms with Gasteiger partial charge in [0.05, 0.1) is 11.3 Å². The molecule has 1 amide bonds. The maximum atomic E-state index is 12.7. The van der Waals surface area contributed by atoms with Crippen molar-refractivity contribution in [2.45, 2.75) is 33.7 Å². The second-order valence-corrected chi connectivity index (χ2v) is 7.61. The molecule has 0 unspecified atom stereocenters. The molecule has 0 aliphatic heterocycles. The molecule has 0 atom stereocenters. The van der Waals surface area contributed by atoms with Gasteiger partial charge in [-0.1, -0.05) is 56.6 Å². The first-order valence-corrected chi connectivity index (χ1v) is 9.96. The van der Waals surface area contributed by atoms with E-state index in [4.69, 9.17) is 11.6 Å². The minimum atomic E-state index is -0.262. The molecule has 2 aromatic carbocycles. The topological polar surface area (TPSA) is 79.0 Å². The summed E-state index contributed by atoms with van der Waals surface area (Å²) >= 11 is 6.13. The van der Waals surface area contributed by atoms with Gasteiger partial charge in [0.1, 0.15) is 0 Å². The predicted molar refractivity (Wildman–Crippen MR) is 115 cm³/mol. The fraction of sp³-hybridized carbons (Fsp3) is 0.261. The van der Waals surface area contributed by atoms with Gasteiger partial charge in [-0.15, -0.1) is 0 Å².